The van der Waals surface area contributed by atoms with Crippen molar-refractivity contribution >= 4 is 17.8 Å². The molecule has 3 aliphatic heterocycles. The van der Waals surface area contributed by atoms with Gasteiger partial charge in [0, 0.05) is 26.7 Å². The smallest absolute Gasteiger partial charge is 0.231 e. The van der Waals surface area contributed by atoms with E-state index in [1.54, 1.807) is 0 Å². The fraction of sp³-hybridized carbons (Fsp3) is 0.750. The molecule has 3 N–H and O–H groups in total. The van der Waals surface area contributed by atoms with E-state index in [-0.39, 0.29) is 5.95 Å². The van der Waals surface area contributed by atoms with Crippen LogP contribution in [0.15, 0.2) is 0 Å². The van der Waals surface area contributed by atoms with Gasteiger partial charge in [-0.2, -0.15) is 15.0 Å². The Bertz CT molecular complexity index is 453. The molecule has 1 atom stereocenters. The third kappa shape index (κ3) is 2.56. The van der Waals surface area contributed by atoms with Crippen molar-refractivity contribution < 1.29 is 0 Å². The number of nitrogen functional groups attached to an aromatic ring is 1. The lowest BCUT2D eigenvalue weighted by Gasteiger charge is -2.44. The number of nitrogens with one attached hydrogen (secondary N) is 1. The summed E-state index contributed by atoms with van der Waals surface area (Å²) in [5.41, 5.74) is 5.74. The maximum Gasteiger partial charge on any atom is 0.231 e. The number of nitrogens with two attached hydrogens (primary N) is 1. The van der Waals surface area contributed by atoms with Crippen molar-refractivity contribution in [3.8, 4) is 0 Å². The van der Waals surface area contributed by atoms with E-state index in [4.69, 9.17) is 5.73 Å². The molecular weight excluding hydrogens is 242 g/mol. The summed E-state index contributed by atoms with van der Waals surface area (Å²) >= 11 is 0. The maximum atomic E-state index is 5.74. The van der Waals surface area contributed by atoms with Gasteiger partial charge in [-0.25, -0.2) is 0 Å². The maximum absolute atomic E-state index is 5.74. The van der Waals surface area contributed by atoms with Gasteiger partial charge in [0.2, 0.25) is 17.8 Å². The first kappa shape index (κ1) is 12.4. The number of anilines is 3. The van der Waals surface area contributed by atoms with E-state index < -0.39 is 0 Å². The molecule has 0 amide bonds. The summed E-state index contributed by atoms with van der Waals surface area (Å²) in [4.78, 5) is 17.0. The molecule has 0 spiro atoms. The SMILES string of the molecule is CN(C)c1nc(N)nc(NC2CN3CCC2CC3)n1. The van der Waals surface area contributed by atoms with E-state index >= 15 is 0 Å². The Morgan fingerprint density at radius 1 is 1.21 bits per heavy atom. The van der Waals surface area contributed by atoms with E-state index in [9.17, 15) is 0 Å². The van der Waals surface area contributed by atoms with E-state index in [0.29, 0.717) is 17.9 Å². The van der Waals surface area contributed by atoms with Gasteiger partial charge >= 0.3 is 0 Å². The second-order valence-corrected chi connectivity index (χ2v) is 5.60. The molecule has 2 bridgehead atoms. The lowest BCUT2D eigenvalue weighted by Crippen LogP contribution is -2.53. The van der Waals surface area contributed by atoms with Crippen LogP contribution in [0.5, 0.6) is 0 Å². The quantitative estimate of drug-likeness (QED) is 0.795. The van der Waals surface area contributed by atoms with Gasteiger partial charge < -0.3 is 20.9 Å². The predicted octanol–water partition coefficient (Wildman–Crippen LogP) is 0.0259. The number of rotatable bonds is 3. The molecule has 4 heterocycles. The van der Waals surface area contributed by atoms with Gasteiger partial charge in [-0.1, -0.05) is 0 Å². The van der Waals surface area contributed by atoms with Gasteiger partial charge in [-0.3, -0.25) is 0 Å². The van der Waals surface area contributed by atoms with Gasteiger partial charge in [0.25, 0.3) is 0 Å². The van der Waals surface area contributed by atoms with Gasteiger partial charge in [0.15, 0.2) is 0 Å². The lowest BCUT2D eigenvalue weighted by molar-refractivity contribution is 0.0972. The summed E-state index contributed by atoms with van der Waals surface area (Å²) in [5.74, 6) is 2.18. The average molecular weight is 263 g/mol. The zero-order chi connectivity index (χ0) is 13.4. The van der Waals surface area contributed by atoms with Crippen LogP contribution in [-0.2, 0) is 0 Å². The first-order valence-electron chi connectivity index (χ1n) is 6.79. The molecule has 0 radical (unpaired) electrons. The molecule has 1 unspecified atom stereocenters. The minimum Gasteiger partial charge on any atom is -0.368 e. The highest BCUT2D eigenvalue weighted by atomic mass is 15.3. The summed E-state index contributed by atoms with van der Waals surface area (Å²) in [6.07, 6.45) is 2.53. The fourth-order valence-corrected chi connectivity index (χ4v) is 2.94. The molecule has 4 rings (SSSR count). The number of aromatic nitrogens is 3. The Hall–Kier alpha value is -1.63. The number of nitrogens with zero attached hydrogens (tertiary/aromatic N) is 5. The van der Waals surface area contributed by atoms with Gasteiger partial charge in [-0.15, -0.1) is 0 Å². The zero-order valence-electron chi connectivity index (χ0n) is 11.5. The van der Waals surface area contributed by atoms with Crippen LogP contribution in [0.25, 0.3) is 0 Å². The molecule has 19 heavy (non-hydrogen) atoms. The second-order valence-electron chi connectivity index (χ2n) is 5.60. The molecule has 0 aromatic carbocycles. The Morgan fingerprint density at radius 3 is 2.53 bits per heavy atom. The summed E-state index contributed by atoms with van der Waals surface area (Å²) in [7, 11) is 3.79. The van der Waals surface area contributed by atoms with Crippen molar-refractivity contribution in [2.75, 3.05) is 49.7 Å². The molecule has 7 nitrogen and oxygen atoms in total. The van der Waals surface area contributed by atoms with Crippen molar-refractivity contribution in [3.05, 3.63) is 0 Å². The normalized spacial score (nSPS) is 29.3. The number of fused-ring (bicyclic) bond motifs is 3. The third-order valence-corrected chi connectivity index (χ3v) is 4.01. The van der Waals surface area contributed by atoms with E-state index in [0.717, 1.165) is 12.5 Å². The minimum atomic E-state index is 0.266. The van der Waals surface area contributed by atoms with Gasteiger partial charge in [0.1, 0.15) is 0 Å². The molecule has 3 aliphatic rings. The summed E-state index contributed by atoms with van der Waals surface area (Å²) in [5, 5.41) is 3.44. The zero-order valence-corrected chi connectivity index (χ0v) is 11.5. The predicted molar refractivity (Wildman–Crippen MR) is 75.1 cm³/mol. The van der Waals surface area contributed by atoms with Crippen molar-refractivity contribution in [1.82, 2.24) is 19.9 Å². The topological polar surface area (TPSA) is 83.2 Å². The van der Waals surface area contributed by atoms with Crippen LogP contribution in [0.1, 0.15) is 12.8 Å². The van der Waals surface area contributed by atoms with Gasteiger partial charge in [-0.05, 0) is 31.8 Å². The summed E-state index contributed by atoms with van der Waals surface area (Å²) in [6.45, 7) is 3.53. The molecule has 0 saturated carbocycles. The largest absolute Gasteiger partial charge is 0.368 e. The Labute approximate surface area is 113 Å². The molecule has 104 valence electrons. The van der Waals surface area contributed by atoms with E-state index in [2.05, 4.69) is 25.2 Å². The highest BCUT2D eigenvalue weighted by Crippen LogP contribution is 2.29. The van der Waals surface area contributed by atoms with Crippen LogP contribution < -0.4 is 16.0 Å². The monoisotopic (exact) mass is 263 g/mol. The van der Waals surface area contributed by atoms with E-state index in [1.165, 1.54) is 25.9 Å². The van der Waals surface area contributed by atoms with Crippen molar-refractivity contribution in [2.45, 2.75) is 18.9 Å². The minimum absolute atomic E-state index is 0.266. The highest BCUT2D eigenvalue weighted by molar-refractivity contribution is 5.41. The van der Waals surface area contributed by atoms with Crippen LogP contribution in [0.2, 0.25) is 0 Å². The summed E-state index contributed by atoms with van der Waals surface area (Å²) < 4.78 is 0. The molecule has 3 saturated heterocycles. The molecular formula is C12H21N7. The highest BCUT2D eigenvalue weighted by Gasteiger charge is 2.34. The van der Waals surface area contributed by atoms with Crippen LogP contribution in [0, 0.1) is 5.92 Å². The van der Waals surface area contributed by atoms with Crippen LogP contribution in [0.4, 0.5) is 17.8 Å². The average Bonchev–Trinajstić information content (AvgIpc) is 2.39. The number of piperidine rings is 3. The first-order valence-corrected chi connectivity index (χ1v) is 6.79. The van der Waals surface area contributed by atoms with Crippen molar-refractivity contribution in [3.63, 3.8) is 0 Å². The van der Waals surface area contributed by atoms with Crippen LogP contribution in [0.3, 0.4) is 0 Å². The lowest BCUT2D eigenvalue weighted by atomic mass is 9.84. The molecule has 1 aromatic rings. The molecule has 0 aliphatic carbocycles. The molecule has 3 fully saturated rings. The fourth-order valence-electron chi connectivity index (χ4n) is 2.94. The third-order valence-electron chi connectivity index (χ3n) is 4.01. The Balaban J connectivity index is 1.76. The van der Waals surface area contributed by atoms with E-state index in [1.807, 2.05) is 19.0 Å². The standard InChI is InChI=1S/C12H21N7/c1-18(2)12-16-10(13)15-11(17-12)14-9-7-19-5-3-8(9)4-6-19/h8-9H,3-7H2,1-2H3,(H3,13,14,15,16,17). The van der Waals surface area contributed by atoms with Crippen molar-refractivity contribution in [2.24, 2.45) is 5.92 Å². The molecule has 7 heteroatoms. The van der Waals surface area contributed by atoms with Crippen LogP contribution >= 0.6 is 0 Å². The number of hydrogen-bond acceptors (Lipinski definition) is 7. The molecule has 1 aromatic heterocycles. The van der Waals surface area contributed by atoms with Crippen LogP contribution in [-0.4, -0.2) is 59.6 Å². The van der Waals surface area contributed by atoms with Gasteiger partial charge in [0.05, 0.1) is 0 Å². The Kier molecular flexibility index (Phi) is 3.14. The van der Waals surface area contributed by atoms with Crippen molar-refractivity contribution in [1.29, 1.82) is 0 Å². The second kappa shape index (κ2) is 4.80. The Morgan fingerprint density at radius 2 is 1.95 bits per heavy atom. The summed E-state index contributed by atoms with van der Waals surface area (Å²) in [6, 6.07) is 0.430. The first-order chi connectivity index (χ1) is 9.11. The number of hydrogen-bond donors (Lipinski definition) is 2.